The van der Waals surface area contributed by atoms with Crippen LogP contribution in [0.25, 0.3) is 0 Å². The fraction of sp³-hybridized carbons (Fsp3) is 0.364. The molecule has 2 amide bonds. The molecule has 1 aliphatic rings. The Hall–Kier alpha value is -2.66. The fourth-order valence-corrected chi connectivity index (χ4v) is 3.25. The summed E-state index contributed by atoms with van der Waals surface area (Å²) in [6.45, 7) is 6.75. The first-order valence-electron chi connectivity index (χ1n) is 9.42. The van der Waals surface area contributed by atoms with Crippen molar-refractivity contribution in [1.82, 2.24) is 4.90 Å². The van der Waals surface area contributed by atoms with Gasteiger partial charge in [0.05, 0.1) is 6.61 Å². The Balaban J connectivity index is 1.75. The molecular formula is C22H26N2O3. The number of hydrogen-bond donors (Lipinski definition) is 1. The van der Waals surface area contributed by atoms with Gasteiger partial charge >= 0.3 is 0 Å². The first-order chi connectivity index (χ1) is 13.1. The predicted octanol–water partition coefficient (Wildman–Crippen LogP) is 3.75. The van der Waals surface area contributed by atoms with Gasteiger partial charge in [-0.1, -0.05) is 24.3 Å². The highest BCUT2D eigenvalue weighted by Crippen LogP contribution is 2.21. The van der Waals surface area contributed by atoms with E-state index in [2.05, 4.69) is 5.32 Å². The summed E-state index contributed by atoms with van der Waals surface area (Å²) in [6.07, 6.45) is 0.996. The topological polar surface area (TPSA) is 58.6 Å². The van der Waals surface area contributed by atoms with Crippen molar-refractivity contribution < 1.29 is 14.3 Å². The summed E-state index contributed by atoms with van der Waals surface area (Å²) in [6, 6.07) is 14.5. The normalized spacial score (nSPS) is 16.1. The Kier molecular flexibility index (Phi) is 6.24. The lowest BCUT2D eigenvalue weighted by molar-refractivity contribution is 0.0730. The maximum absolute atomic E-state index is 13.0. The third-order valence-corrected chi connectivity index (χ3v) is 4.94. The zero-order valence-corrected chi connectivity index (χ0v) is 15.9. The number of ether oxygens (including phenoxy) is 1. The molecule has 142 valence electrons. The van der Waals surface area contributed by atoms with Crippen LogP contribution in [0.5, 0.6) is 0 Å². The summed E-state index contributed by atoms with van der Waals surface area (Å²) in [7, 11) is 0. The summed E-state index contributed by atoms with van der Waals surface area (Å²) in [4.78, 5) is 27.3. The first kappa shape index (κ1) is 19.1. The molecule has 27 heavy (non-hydrogen) atoms. The Labute approximate surface area is 160 Å². The Morgan fingerprint density at radius 3 is 2.59 bits per heavy atom. The van der Waals surface area contributed by atoms with Gasteiger partial charge in [-0.05, 0) is 50.1 Å². The van der Waals surface area contributed by atoms with Crippen LogP contribution in [-0.4, -0.2) is 43.0 Å². The van der Waals surface area contributed by atoms with Crippen LogP contribution < -0.4 is 5.32 Å². The predicted molar refractivity (Wildman–Crippen MR) is 106 cm³/mol. The van der Waals surface area contributed by atoms with Gasteiger partial charge in [0.25, 0.3) is 11.8 Å². The molecule has 1 saturated heterocycles. The number of rotatable bonds is 6. The summed E-state index contributed by atoms with van der Waals surface area (Å²) in [5.74, 6) is 0.204. The molecule has 1 heterocycles. The minimum Gasteiger partial charge on any atom is -0.381 e. The van der Waals surface area contributed by atoms with Crippen molar-refractivity contribution in [3.8, 4) is 0 Å². The van der Waals surface area contributed by atoms with Crippen molar-refractivity contribution in [3.05, 3.63) is 65.2 Å². The third kappa shape index (κ3) is 4.74. The molecule has 3 rings (SSSR count). The minimum atomic E-state index is -0.182. The molecule has 1 aliphatic heterocycles. The zero-order chi connectivity index (χ0) is 19.2. The lowest BCUT2D eigenvalue weighted by atomic mass is 10.1. The molecular weight excluding hydrogens is 340 g/mol. The number of aryl methyl sites for hydroxylation is 1. The maximum Gasteiger partial charge on any atom is 0.255 e. The summed E-state index contributed by atoms with van der Waals surface area (Å²) < 4.78 is 5.42. The second-order valence-electron chi connectivity index (χ2n) is 6.92. The number of amides is 2. The summed E-state index contributed by atoms with van der Waals surface area (Å²) in [5, 5.41) is 2.92. The molecule has 0 radical (unpaired) electrons. The van der Waals surface area contributed by atoms with Crippen LogP contribution in [0.1, 0.15) is 39.6 Å². The lowest BCUT2D eigenvalue weighted by Crippen LogP contribution is -2.35. The van der Waals surface area contributed by atoms with Crippen molar-refractivity contribution in [2.75, 3.05) is 31.6 Å². The molecule has 1 N–H and O–H groups in total. The minimum absolute atomic E-state index is 0.0142. The van der Waals surface area contributed by atoms with Gasteiger partial charge in [0.15, 0.2) is 0 Å². The van der Waals surface area contributed by atoms with E-state index in [-0.39, 0.29) is 11.8 Å². The molecule has 2 aromatic rings. The van der Waals surface area contributed by atoms with E-state index in [1.165, 1.54) is 0 Å². The van der Waals surface area contributed by atoms with Gasteiger partial charge in [0, 0.05) is 42.4 Å². The van der Waals surface area contributed by atoms with Gasteiger partial charge < -0.3 is 15.0 Å². The first-order valence-corrected chi connectivity index (χ1v) is 9.42. The number of benzene rings is 2. The average molecular weight is 366 g/mol. The van der Waals surface area contributed by atoms with E-state index in [1.54, 1.807) is 18.2 Å². The van der Waals surface area contributed by atoms with E-state index in [9.17, 15) is 9.59 Å². The Morgan fingerprint density at radius 2 is 1.93 bits per heavy atom. The highest BCUT2D eigenvalue weighted by atomic mass is 16.5. The number of hydrogen-bond acceptors (Lipinski definition) is 3. The van der Waals surface area contributed by atoms with E-state index in [0.717, 1.165) is 25.2 Å². The molecule has 0 spiro atoms. The van der Waals surface area contributed by atoms with Crippen LogP contribution in [0, 0.1) is 12.8 Å². The lowest BCUT2D eigenvalue weighted by Gasteiger charge is -2.24. The monoisotopic (exact) mass is 366 g/mol. The van der Waals surface area contributed by atoms with Gasteiger partial charge in [0.2, 0.25) is 0 Å². The molecule has 0 aliphatic carbocycles. The standard InChI is InChI=1S/C22H26N2O3/c1-3-24(14-17-11-12-27-15-17)22(26)19-10-9-16(2)20(13-19)23-21(25)18-7-5-4-6-8-18/h4-10,13,17H,3,11-12,14-15H2,1-2H3,(H,23,25)/t17-/m0/s1. The van der Waals surface area contributed by atoms with Gasteiger partial charge in [-0.2, -0.15) is 0 Å². The van der Waals surface area contributed by atoms with Gasteiger partial charge in [0.1, 0.15) is 0 Å². The smallest absolute Gasteiger partial charge is 0.255 e. The van der Waals surface area contributed by atoms with Crippen molar-refractivity contribution in [2.45, 2.75) is 20.3 Å². The van der Waals surface area contributed by atoms with E-state index in [4.69, 9.17) is 4.74 Å². The van der Waals surface area contributed by atoms with Crippen molar-refractivity contribution >= 4 is 17.5 Å². The van der Waals surface area contributed by atoms with E-state index >= 15 is 0 Å². The summed E-state index contributed by atoms with van der Waals surface area (Å²) in [5.41, 5.74) is 2.76. The van der Waals surface area contributed by atoms with Crippen LogP contribution in [0.2, 0.25) is 0 Å². The van der Waals surface area contributed by atoms with Crippen LogP contribution in [0.4, 0.5) is 5.69 Å². The quantitative estimate of drug-likeness (QED) is 0.847. The van der Waals surface area contributed by atoms with Crippen molar-refractivity contribution in [3.63, 3.8) is 0 Å². The third-order valence-electron chi connectivity index (χ3n) is 4.94. The number of nitrogens with zero attached hydrogens (tertiary/aromatic N) is 1. The maximum atomic E-state index is 13.0. The Bertz CT molecular complexity index is 798. The van der Waals surface area contributed by atoms with Gasteiger partial charge in [-0.3, -0.25) is 9.59 Å². The molecule has 0 aromatic heterocycles. The fourth-order valence-electron chi connectivity index (χ4n) is 3.25. The highest BCUT2D eigenvalue weighted by molar-refractivity contribution is 6.05. The molecule has 2 aromatic carbocycles. The van der Waals surface area contributed by atoms with Crippen LogP contribution >= 0.6 is 0 Å². The number of anilines is 1. The number of carbonyl (C=O) groups is 2. The number of nitrogens with one attached hydrogen (secondary N) is 1. The molecule has 1 atom stereocenters. The molecule has 1 fully saturated rings. The highest BCUT2D eigenvalue weighted by Gasteiger charge is 2.23. The average Bonchev–Trinajstić information content (AvgIpc) is 3.21. The largest absolute Gasteiger partial charge is 0.381 e. The second-order valence-corrected chi connectivity index (χ2v) is 6.92. The van der Waals surface area contributed by atoms with Crippen molar-refractivity contribution in [2.24, 2.45) is 5.92 Å². The second kappa shape index (κ2) is 8.82. The summed E-state index contributed by atoms with van der Waals surface area (Å²) >= 11 is 0. The van der Waals surface area contributed by atoms with Gasteiger partial charge in [-0.25, -0.2) is 0 Å². The van der Waals surface area contributed by atoms with Crippen LogP contribution in [-0.2, 0) is 4.74 Å². The van der Waals surface area contributed by atoms with Crippen LogP contribution in [0.3, 0.4) is 0 Å². The molecule has 5 heteroatoms. The van der Waals surface area contributed by atoms with Crippen molar-refractivity contribution in [1.29, 1.82) is 0 Å². The van der Waals surface area contributed by atoms with E-state index < -0.39 is 0 Å². The van der Waals surface area contributed by atoms with Crippen LogP contribution in [0.15, 0.2) is 48.5 Å². The molecule has 0 bridgehead atoms. The van der Waals surface area contributed by atoms with E-state index in [0.29, 0.717) is 35.8 Å². The SMILES string of the molecule is CCN(C[C@@H]1CCOC1)C(=O)c1ccc(C)c(NC(=O)c2ccccc2)c1. The molecule has 5 nitrogen and oxygen atoms in total. The number of carbonyl (C=O) groups excluding carboxylic acids is 2. The zero-order valence-electron chi connectivity index (χ0n) is 15.9. The van der Waals surface area contributed by atoms with Gasteiger partial charge in [-0.15, -0.1) is 0 Å². The van der Waals surface area contributed by atoms with E-state index in [1.807, 2.05) is 49.1 Å². The molecule has 0 unspecified atom stereocenters. The Morgan fingerprint density at radius 1 is 1.15 bits per heavy atom. The molecule has 0 saturated carbocycles.